The number of rotatable bonds is 10. The molecular weight excluding hydrogens is 774 g/mol. The molecule has 2 saturated heterocycles. The number of carbonyl (C=O) groups is 4. The fraction of sp³-hybridized carbons (Fsp3) is 0.634. The Morgan fingerprint density at radius 3 is 2.47 bits per heavy atom. The molecule has 8 atom stereocenters. The van der Waals surface area contributed by atoms with Crippen LogP contribution in [0.3, 0.4) is 0 Å². The van der Waals surface area contributed by atoms with Crippen LogP contribution in [0.5, 0.6) is 11.6 Å². The molecule has 3 saturated carbocycles. The number of hydrogen-bond donors (Lipinski definition) is 3. The second kappa shape index (κ2) is 15.3. The molecule has 58 heavy (non-hydrogen) atoms. The number of fused-ring (bicyclic) bond motifs is 3. The van der Waals surface area contributed by atoms with Gasteiger partial charge in [-0.25, -0.2) is 22.6 Å². The van der Waals surface area contributed by atoms with Crippen molar-refractivity contribution in [3.8, 4) is 11.6 Å². The van der Waals surface area contributed by atoms with Gasteiger partial charge in [0, 0.05) is 23.1 Å². The molecule has 314 valence electrons. The van der Waals surface area contributed by atoms with Crippen LogP contribution >= 0.6 is 0 Å². The number of nitrogens with zero attached hydrogens (tertiary/aromatic N) is 3. The monoisotopic (exact) mass is 825 g/mol. The van der Waals surface area contributed by atoms with Crippen molar-refractivity contribution in [2.24, 2.45) is 23.7 Å². The first-order valence-electron chi connectivity index (χ1n) is 20.3. The Balaban J connectivity index is 1.21. The summed E-state index contributed by atoms with van der Waals surface area (Å²) in [7, 11) is -2.87. The molecule has 1 aromatic carbocycles. The summed E-state index contributed by atoms with van der Waals surface area (Å²) in [6, 6.07) is 3.78. The van der Waals surface area contributed by atoms with Gasteiger partial charge >= 0.3 is 6.09 Å². The highest BCUT2D eigenvalue weighted by atomic mass is 32.2. The highest BCUT2D eigenvalue weighted by Crippen LogP contribution is 2.50. The van der Waals surface area contributed by atoms with Crippen LogP contribution < -0.4 is 19.5 Å². The molecule has 15 nitrogen and oxygen atoms in total. The molecule has 3 N–H and O–H groups in total. The van der Waals surface area contributed by atoms with Crippen LogP contribution in [0.15, 0.2) is 42.6 Å². The number of carbonyl (C=O) groups excluding carboxylic acids is 3. The average molecular weight is 826 g/mol. The van der Waals surface area contributed by atoms with Gasteiger partial charge in [0.1, 0.15) is 40.9 Å². The zero-order chi connectivity index (χ0) is 41.1. The van der Waals surface area contributed by atoms with Gasteiger partial charge in [-0.3, -0.25) is 24.0 Å². The number of pyridine rings is 1. The largest absolute Gasteiger partial charge is 0.494 e. The molecule has 4 amide bonds. The average Bonchev–Trinajstić information content (AvgIpc) is 4.08. The summed E-state index contributed by atoms with van der Waals surface area (Å²) in [6.45, 7) is 3.05. The van der Waals surface area contributed by atoms with E-state index in [9.17, 15) is 32.3 Å². The maximum atomic E-state index is 15.5. The zero-order valence-corrected chi connectivity index (χ0v) is 33.8. The minimum Gasteiger partial charge on any atom is -0.494 e. The van der Waals surface area contributed by atoms with Crippen molar-refractivity contribution in [3.63, 3.8) is 0 Å². The van der Waals surface area contributed by atoms with E-state index in [0.29, 0.717) is 30.4 Å². The van der Waals surface area contributed by atoms with Crippen molar-refractivity contribution in [1.82, 2.24) is 24.8 Å². The number of alkyl halides is 1. The highest BCUT2D eigenvalue weighted by Gasteiger charge is 2.65. The van der Waals surface area contributed by atoms with Crippen LogP contribution in [-0.2, 0) is 29.1 Å². The Morgan fingerprint density at radius 2 is 1.84 bits per heavy atom. The summed E-state index contributed by atoms with van der Waals surface area (Å²) >= 11 is 0. The number of sulfonamides is 1. The standard InChI is InChI=1S/C41H52FN5O10S/c1-23-8-4-5-9-26-18-41(26,38(50)45-58(53,54)40(22-42)14-15-40)44-35(48)30-17-31(57-36-29-11-7-6-10-28(29)32(55-3)19-43-36)34(25-12-13-25)47(30)37(49)33(24(2)16-23)46(39(51)52)27-20-56-21-27/h5-7,9-11,19,23-27,30-31,33-34H,4,8,12-18,20-22H2,1-3H3,(H,44,48)(H,45,50)(H,51,52)/b9-5-/t23-,24-,26-,30+,31-,33+,34?,41-/m1/s1. The van der Waals surface area contributed by atoms with E-state index >= 15 is 4.79 Å². The number of methoxy groups -OCH3 is 1. The molecule has 6 aliphatic rings. The lowest BCUT2D eigenvalue weighted by molar-refractivity contribution is -0.152. The number of amides is 4. The molecule has 8 rings (SSSR count). The second-order valence-corrected chi connectivity index (χ2v) is 19.4. The summed E-state index contributed by atoms with van der Waals surface area (Å²) < 4.78 is 58.7. The van der Waals surface area contributed by atoms with Gasteiger partial charge in [0.2, 0.25) is 27.7 Å². The highest BCUT2D eigenvalue weighted by molar-refractivity contribution is 7.91. The molecule has 3 aliphatic carbocycles. The molecule has 3 aliphatic heterocycles. The van der Waals surface area contributed by atoms with E-state index in [1.807, 2.05) is 50.3 Å². The van der Waals surface area contributed by atoms with Crippen LogP contribution in [0.2, 0.25) is 0 Å². The zero-order valence-electron chi connectivity index (χ0n) is 33.0. The SMILES string of the molecule is COc1cnc(O[C@@H]2C[C@H]3C(=O)N[C@]4(C(=O)NS(=O)(=O)C5(CF)CC5)C[C@H]4/C=C\CC[C@@H](C)C[C@@H](C)[C@H](N(C(=O)O)C4COC4)C(=O)N3C2C2CC2)c2ccccc12. The molecule has 17 heteroatoms. The van der Waals surface area contributed by atoms with Gasteiger partial charge in [-0.1, -0.05) is 44.2 Å². The summed E-state index contributed by atoms with van der Waals surface area (Å²) in [6.07, 6.45) is 6.76. The van der Waals surface area contributed by atoms with E-state index in [1.54, 1.807) is 13.3 Å². The molecule has 2 aromatic rings. The summed E-state index contributed by atoms with van der Waals surface area (Å²) in [4.78, 5) is 64.9. The fourth-order valence-electron chi connectivity index (χ4n) is 9.44. The Bertz CT molecular complexity index is 2110. The number of ether oxygens (including phenoxy) is 3. The first-order valence-corrected chi connectivity index (χ1v) is 21.8. The minimum atomic E-state index is -4.41. The lowest BCUT2D eigenvalue weighted by Crippen LogP contribution is -2.65. The number of aromatic nitrogens is 1. The number of allylic oxidation sites excluding steroid dienone is 1. The predicted octanol–water partition coefficient (Wildman–Crippen LogP) is 3.95. The molecule has 0 spiro atoms. The Kier molecular flexibility index (Phi) is 10.6. The fourth-order valence-corrected chi connectivity index (χ4v) is 10.9. The molecule has 4 heterocycles. The Morgan fingerprint density at radius 1 is 1.12 bits per heavy atom. The van der Waals surface area contributed by atoms with Gasteiger partial charge in [0.05, 0.1) is 38.6 Å². The van der Waals surface area contributed by atoms with Crippen molar-refractivity contribution < 1.29 is 51.3 Å². The van der Waals surface area contributed by atoms with Gasteiger partial charge in [-0.05, 0) is 75.2 Å². The van der Waals surface area contributed by atoms with Crippen LogP contribution in [-0.4, -0.2) is 120 Å². The van der Waals surface area contributed by atoms with Crippen LogP contribution in [0.4, 0.5) is 9.18 Å². The number of hydrogen-bond acceptors (Lipinski definition) is 10. The third kappa shape index (κ3) is 7.15. The minimum absolute atomic E-state index is 0.0145. The van der Waals surface area contributed by atoms with Crippen molar-refractivity contribution in [1.29, 1.82) is 0 Å². The lowest BCUT2D eigenvalue weighted by Gasteiger charge is -2.45. The molecule has 0 radical (unpaired) electrons. The predicted molar refractivity (Wildman–Crippen MR) is 208 cm³/mol. The van der Waals surface area contributed by atoms with Crippen molar-refractivity contribution in [3.05, 3.63) is 42.6 Å². The van der Waals surface area contributed by atoms with E-state index in [0.717, 1.165) is 18.2 Å². The molecule has 1 unspecified atom stereocenters. The maximum absolute atomic E-state index is 15.5. The second-order valence-electron chi connectivity index (χ2n) is 17.3. The normalized spacial score (nSPS) is 33.0. The topological polar surface area (TPSA) is 194 Å². The van der Waals surface area contributed by atoms with Crippen molar-refractivity contribution in [2.45, 2.75) is 112 Å². The van der Waals surface area contributed by atoms with Gasteiger partial charge in [0.25, 0.3) is 5.91 Å². The first-order chi connectivity index (χ1) is 27.7. The first kappa shape index (κ1) is 40.3. The Labute approximate surface area is 337 Å². The maximum Gasteiger partial charge on any atom is 0.408 e. The van der Waals surface area contributed by atoms with Crippen LogP contribution in [0, 0.1) is 23.7 Å². The van der Waals surface area contributed by atoms with E-state index in [-0.39, 0.29) is 56.6 Å². The number of halogens is 1. The summed E-state index contributed by atoms with van der Waals surface area (Å²) in [5, 5.41) is 15.0. The number of nitrogens with one attached hydrogen (secondary N) is 2. The third-order valence-corrected chi connectivity index (χ3v) is 15.4. The van der Waals surface area contributed by atoms with Gasteiger partial charge in [-0.2, -0.15) is 0 Å². The smallest absolute Gasteiger partial charge is 0.408 e. The van der Waals surface area contributed by atoms with E-state index in [4.69, 9.17) is 14.2 Å². The molecular formula is C41H52FN5O10S. The van der Waals surface area contributed by atoms with Crippen LogP contribution in [0.1, 0.15) is 71.6 Å². The van der Waals surface area contributed by atoms with Gasteiger partial charge in [0.15, 0.2) is 0 Å². The van der Waals surface area contributed by atoms with E-state index in [2.05, 4.69) is 15.0 Å². The summed E-state index contributed by atoms with van der Waals surface area (Å²) in [5.74, 6) is -2.41. The molecule has 5 fully saturated rings. The van der Waals surface area contributed by atoms with Crippen LogP contribution in [0.25, 0.3) is 10.8 Å². The third-order valence-electron chi connectivity index (χ3n) is 13.3. The van der Waals surface area contributed by atoms with Gasteiger partial charge in [-0.15, -0.1) is 0 Å². The Hall–Kier alpha value is -4.51. The lowest BCUT2D eigenvalue weighted by atomic mass is 9.86. The van der Waals surface area contributed by atoms with E-state index < -0.39 is 92.9 Å². The van der Waals surface area contributed by atoms with Gasteiger partial charge < -0.3 is 29.5 Å². The molecule has 1 aromatic heterocycles. The van der Waals surface area contributed by atoms with Crippen molar-refractivity contribution in [2.75, 3.05) is 27.0 Å². The molecule has 0 bridgehead atoms. The van der Waals surface area contributed by atoms with E-state index in [1.165, 1.54) is 9.80 Å². The number of carboxylic acid groups (broad SMARTS) is 1. The number of benzene rings is 1. The quantitative estimate of drug-likeness (QED) is 0.294. The summed E-state index contributed by atoms with van der Waals surface area (Å²) in [5.41, 5.74) is -1.68. The van der Waals surface area contributed by atoms with Crippen molar-refractivity contribution >= 4 is 44.6 Å².